The van der Waals surface area contributed by atoms with Gasteiger partial charge in [0.1, 0.15) is 0 Å². The fourth-order valence-corrected chi connectivity index (χ4v) is 2.30. The van der Waals surface area contributed by atoms with E-state index in [1.165, 1.54) is 22.3 Å². The van der Waals surface area contributed by atoms with Gasteiger partial charge in [-0.05, 0) is 49.2 Å². The van der Waals surface area contributed by atoms with Crippen LogP contribution in [0.25, 0.3) is 11.1 Å². The summed E-state index contributed by atoms with van der Waals surface area (Å²) in [4.78, 5) is 0. The summed E-state index contributed by atoms with van der Waals surface area (Å²) in [7, 11) is 0. The van der Waals surface area contributed by atoms with Gasteiger partial charge in [-0.2, -0.15) is 0 Å². The summed E-state index contributed by atoms with van der Waals surface area (Å²) in [5, 5.41) is 3.42. The Kier molecular flexibility index (Phi) is 3.74. The van der Waals surface area contributed by atoms with Gasteiger partial charge in [-0.1, -0.05) is 59.7 Å². The lowest BCUT2D eigenvalue weighted by Gasteiger charge is -2.08. The number of hydrogen-bond donors (Lipinski definition) is 1. The van der Waals surface area contributed by atoms with Crippen LogP contribution in [-0.4, -0.2) is 0 Å². The van der Waals surface area contributed by atoms with Gasteiger partial charge in [-0.25, -0.2) is 0 Å². The van der Waals surface area contributed by atoms with Crippen molar-refractivity contribution in [3.8, 4) is 11.1 Å². The van der Waals surface area contributed by atoms with E-state index < -0.39 is 0 Å². The fourth-order valence-electron chi connectivity index (χ4n) is 2.30. The fraction of sp³-hybridized carbons (Fsp3) is 0.100. The van der Waals surface area contributed by atoms with E-state index in [-0.39, 0.29) is 0 Å². The standard InChI is InChI=1S/C20H19N/c1-15-3-7-17(8-4-15)18-9-13-20(14-10-18)21-19-11-5-16(2)6-12-19/h3-14,21H,1-2H3. The van der Waals surface area contributed by atoms with Gasteiger partial charge in [0, 0.05) is 11.4 Å². The van der Waals surface area contributed by atoms with Crippen molar-refractivity contribution in [2.24, 2.45) is 0 Å². The van der Waals surface area contributed by atoms with E-state index in [9.17, 15) is 0 Å². The molecule has 0 unspecified atom stereocenters. The molecule has 0 aromatic heterocycles. The van der Waals surface area contributed by atoms with E-state index >= 15 is 0 Å². The molecule has 0 atom stereocenters. The van der Waals surface area contributed by atoms with Gasteiger partial charge in [-0.3, -0.25) is 0 Å². The second-order valence-electron chi connectivity index (χ2n) is 5.43. The van der Waals surface area contributed by atoms with Crippen LogP contribution in [0, 0.1) is 13.8 Å². The Hall–Kier alpha value is -2.54. The Morgan fingerprint density at radius 3 is 1.29 bits per heavy atom. The molecule has 1 heteroatoms. The highest BCUT2D eigenvalue weighted by Gasteiger charge is 1.99. The normalized spacial score (nSPS) is 10.4. The number of hydrogen-bond acceptors (Lipinski definition) is 1. The molecule has 21 heavy (non-hydrogen) atoms. The molecule has 104 valence electrons. The maximum atomic E-state index is 3.42. The van der Waals surface area contributed by atoms with Gasteiger partial charge in [0.15, 0.2) is 0 Å². The van der Waals surface area contributed by atoms with Gasteiger partial charge in [0.2, 0.25) is 0 Å². The molecule has 0 bridgehead atoms. The first kappa shape index (κ1) is 13.4. The maximum absolute atomic E-state index is 3.42. The molecule has 0 spiro atoms. The third-order valence-corrected chi connectivity index (χ3v) is 3.61. The molecule has 0 aliphatic carbocycles. The van der Waals surface area contributed by atoms with Gasteiger partial charge in [0.05, 0.1) is 0 Å². The van der Waals surface area contributed by atoms with Crippen molar-refractivity contribution in [1.29, 1.82) is 0 Å². The van der Waals surface area contributed by atoms with E-state index in [1.54, 1.807) is 0 Å². The lowest BCUT2D eigenvalue weighted by atomic mass is 10.0. The van der Waals surface area contributed by atoms with Crippen LogP contribution in [0.15, 0.2) is 72.8 Å². The van der Waals surface area contributed by atoms with E-state index in [0.29, 0.717) is 0 Å². The predicted molar refractivity (Wildman–Crippen MR) is 91.1 cm³/mol. The first-order valence-electron chi connectivity index (χ1n) is 7.21. The lowest BCUT2D eigenvalue weighted by molar-refractivity contribution is 1.45. The molecule has 3 aromatic carbocycles. The molecule has 0 amide bonds. The second-order valence-corrected chi connectivity index (χ2v) is 5.43. The average Bonchev–Trinajstić information content (AvgIpc) is 2.51. The molecule has 0 radical (unpaired) electrons. The molecule has 0 aliphatic heterocycles. The summed E-state index contributed by atoms with van der Waals surface area (Å²) in [6, 6.07) is 25.6. The topological polar surface area (TPSA) is 12.0 Å². The molecule has 0 fully saturated rings. The molecular formula is C20H19N. The van der Waals surface area contributed by atoms with Crippen LogP contribution in [0.1, 0.15) is 11.1 Å². The number of anilines is 2. The zero-order chi connectivity index (χ0) is 14.7. The third-order valence-electron chi connectivity index (χ3n) is 3.61. The van der Waals surface area contributed by atoms with E-state index in [2.05, 4.69) is 92.0 Å². The van der Waals surface area contributed by atoms with Crippen molar-refractivity contribution in [3.63, 3.8) is 0 Å². The Balaban J connectivity index is 1.77. The second kappa shape index (κ2) is 5.84. The van der Waals surface area contributed by atoms with Crippen molar-refractivity contribution in [2.75, 3.05) is 5.32 Å². The molecule has 1 nitrogen and oxygen atoms in total. The van der Waals surface area contributed by atoms with Gasteiger partial charge >= 0.3 is 0 Å². The smallest absolute Gasteiger partial charge is 0.0384 e. The zero-order valence-corrected chi connectivity index (χ0v) is 12.4. The summed E-state index contributed by atoms with van der Waals surface area (Å²) in [6.45, 7) is 4.21. The van der Waals surface area contributed by atoms with Gasteiger partial charge in [0.25, 0.3) is 0 Å². The summed E-state index contributed by atoms with van der Waals surface area (Å²) < 4.78 is 0. The van der Waals surface area contributed by atoms with Crippen molar-refractivity contribution in [2.45, 2.75) is 13.8 Å². The molecule has 3 rings (SSSR count). The van der Waals surface area contributed by atoms with Crippen LogP contribution in [0.5, 0.6) is 0 Å². The number of nitrogens with one attached hydrogen (secondary N) is 1. The number of rotatable bonds is 3. The van der Waals surface area contributed by atoms with Gasteiger partial charge in [-0.15, -0.1) is 0 Å². The van der Waals surface area contributed by atoms with Crippen molar-refractivity contribution >= 4 is 11.4 Å². The zero-order valence-electron chi connectivity index (χ0n) is 12.4. The van der Waals surface area contributed by atoms with E-state index in [1.807, 2.05) is 0 Å². The van der Waals surface area contributed by atoms with Crippen molar-refractivity contribution in [3.05, 3.63) is 83.9 Å². The highest BCUT2D eigenvalue weighted by molar-refractivity contribution is 5.68. The average molecular weight is 273 g/mol. The molecule has 0 saturated carbocycles. The highest BCUT2D eigenvalue weighted by atomic mass is 14.9. The minimum atomic E-state index is 1.11. The maximum Gasteiger partial charge on any atom is 0.0384 e. The Morgan fingerprint density at radius 2 is 0.810 bits per heavy atom. The summed E-state index contributed by atoms with van der Waals surface area (Å²) in [6.07, 6.45) is 0. The van der Waals surface area contributed by atoms with Crippen LogP contribution < -0.4 is 5.32 Å². The first-order valence-corrected chi connectivity index (χ1v) is 7.21. The van der Waals surface area contributed by atoms with Crippen molar-refractivity contribution < 1.29 is 0 Å². The number of benzene rings is 3. The van der Waals surface area contributed by atoms with Crippen LogP contribution in [0.3, 0.4) is 0 Å². The third kappa shape index (κ3) is 3.32. The van der Waals surface area contributed by atoms with Crippen LogP contribution >= 0.6 is 0 Å². The Bertz CT molecular complexity index is 707. The highest BCUT2D eigenvalue weighted by Crippen LogP contribution is 2.23. The quantitative estimate of drug-likeness (QED) is 0.644. The minimum absolute atomic E-state index is 1.11. The summed E-state index contributed by atoms with van der Waals surface area (Å²) in [5.74, 6) is 0. The van der Waals surface area contributed by atoms with Gasteiger partial charge < -0.3 is 5.32 Å². The Labute approximate surface area is 126 Å². The first-order chi connectivity index (χ1) is 10.2. The SMILES string of the molecule is Cc1ccc(Nc2ccc(-c3ccc(C)cc3)cc2)cc1. The molecule has 0 aliphatic rings. The molecule has 0 heterocycles. The Morgan fingerprint density at radius 1 is 0.476 bits per heavy atom. The molecular weight excluding hydrogens is 254 g/mol. The molecule has 0 saturated heterocycles. The summed E-state index contributed by atoms with van der Waals surface area (Å²) >= 11 is 0. The van der Waals surface area contributed by atoms with Crippen LogP contribution in [0.4, 0.5) is 11.4 Å². The minimum Gasteiger partial charge on any atom is -0.356 e. The number of aryl methyl sites for hydroxylation is 2. The van der Waals surface area contributed by atoms with Crippen LogP contribution in [0.2, 0.25) is 0 Å². The largest absolute Gasteiger partial charge is 0.356 e. The lowest BCUT2D eigenvalue weighted by Crippen LogP contribution is -1.90. The van der Waals surface area contributed by atoms with Crippen molar-refractivity contribution in [1.82, 2.24) is 0 Å². The molecule has 1 N–H and O–H groups in total. The molecule has 3 aromatic rings. The van der Waals surface area contributed by atoms with E-state index in [4.69, 9.17) is 0 Å². The van der Waals surface area contributed by atoms with Crippen LogP contribution in [-0.2, 0) is 0 Å². The van der Waals surface area contributed by atoms with E-state index in [0.717, 1.165) is 11.4 Å². The summed E-state index contributed by atoms with van der Waals surface area (Å²) in [5.41, 5.74) is 7.28. The monoisotopic (exact) mass is 273 g/mol. The predicted octanol–water partition coefficient (Wildman–Crippen LogP) is 5.71.